The number of nitrogens with two attached hydrogens (primary N) is 1. The molecule has 0 aliphatic rings. The fourth-order valence-electron chi connectivity index (χ4n) is 1.25. The van der Waals surface area contributed by atoms with Crippen molar-refractivity contribution < 1.29 is 23.9 Å². The van der Waals surface area contributed by atoms with Crippen LogP contribution in [0.3, 0.4) is 0 Å². The number of carboxylic acids is 1. The fourth-order valence-corrected chi connectivity index (χ4v) is 2.46. The summed E-state index contributed by atoms with van der Waals surface area (Å²) >= 11 is 5.70. The molecule has 8 heteroatoms. The van der Waals surface area contributed by atoms with Crippen molar-refractivity contribution >= 4 is 25.2 Å². The lowest BCUT2D eigenvalue weighted by Crippen LogP contribution is -2.30. The summed E-state index contributed by atoms with van der Waals surface area (Å²) < 4.78 is 16.5. The Morgan fingerprint density at radius 3 is 2.53 bits per heavy atom. The topological polar surface area (TPSA) is 110 Å². The molecule has 0 fully saturated rings. The van der Waals surface area contributed by atoms with E-state index in [4.69, 9.17) is 27.0 Å². The second-order valence-corrected chi connectivity index (χ2v) is 6.41. The Morgan fingerprint density at radius 2 is 2.00 bits per heavy atom. The minimum atomic E-state index is -3.84. The molecule has 2 atom stereocenters. The second kappa shape index (κ2) is 7.03. The lowest BCUT2D eigenvalue weighted by Gasteiger charge is -2.13. The molecule has 6 nitrogen and oxygen atoms in total. The summed E-state index contributed by atoms with van der Waals surface area (Å²) in [5, 5.41) is 9.12. The van der Waals surface area contributed by atoms with Gasteiger partial charge in [0.2, 0.25) is 0 Å². The van der Waals surface area contributed by atoms with E-state index in [1.54, 1.807) is 24.3 Å². The van der Waals surface area contributed by atoms with Gasteiger partial charge in [-0.25, -0.2) is 0 Å². The number of rotatable bonds is 7. The fraction of sp³-hybridized carbons (Fsp3) is 0.364. The van der Waals surface area contributed by atoms with E-state index in [9.17, 15) is 14.3 Å². The first kappa shape index (κ1) is 16.1. The molecular formula is C11H15ClNO5P. The highest BCUT2D eigenvalue weighted by Gasteiger charge is 2.23. The van der Waals surface area contributed by atoms with E-state index in [2.05, 4.69) is 0 Å². The number of halogens is 1. The zero-order valence-electron chi connectivity index (χ0n) is 10.0. The SMILES string of the molecule is NC(CCP(=O)(O)OCc1ccc(Cl)cc1)C(=O)O. The molecule has 0 aliphatic heterocycles. The van der Waals surface area contributed by atoms with E-state index in [0.717, 1.165) is 0 Å². The van der Waals surface area contributed by atoms with Crippen LogP contribution in [0.25, 0.3) is 0 Å². The van der Waals surface area contributed by atoms with Gasteiger partial charge in [0.1, 0.15) is 6.04 Å². The number of hydrogen-bond donors (Lipinski definition) is 3. The first-order chi connectivity index (χ1) is 8.80. The highest BCUT2D eigenvalue weighted by Crippen LogP contribution is 2.43. The molecule has 0 saturated carbocycles. The first-order valence-corrected chi connectivity index (χ1v) is 7.63. The molecule has 0 aliphatic carbocycles. The third-order valence-electron chi connectivity index (χ3n) is 2.39. The van der Waals surface area contributed by atoms with E-state index in [0.29, 0.717) is 10.6 Å². The normalized spacial score (nSPS) is 15.7. The maximum absolute atomic E-state index is 11.6. The van der Waals surface area contributed by atoms with Crippen LogP contribution >= 0.6 is 19.2 Å². The number of carbonyl (C=O) groups is 1. The maximum atomic E-state index is 11.6. The van der Waals surface area contributed by atoms with Crippen LogP contribution in [-0.2, 0) is 20.5 Å². The molecule has 106 valence electrons. The Kier molecular flexibility index (Phi) is 5.97. The Hall–Kier alpha value is -0.910. The Morgan fingerprint density at radius 1 is 1.42 bits per heavy atom. The van der Waals surface area contributed by atoms with Crippen LogP contribution in [0.4, 0.5) is 0 Å². The largest absolute Gasteiger partial charge is 0.480 e. The molecule has 4 N–H and O–H groups in total. The molecule has 0 radical (unpaired) electrons. The molecule has 0 heterocycles. The van der Waals surface area contributed by atoms with Crippen LogP contribution in [0.2, 0.25) is 5.02 Å². The van der Waals surface area contributed by atoms with Gasteiger partial charge in [-0.1, -0.05) is 23.7 Å². The van der Waals surface area contributed by atoms with Gasteiger partial charge in [-0.05, 0) is 24.1 Å². The Balaban J connectivity index is 2.44. The molecule has 0 saturated heterocycles. The molecule has 2 unspecified atom stereocenters. The van der Waals surface area contributed by atoms with E-state index in [-0.39, 0.29) is 19.2 Å². The summed E-state index contributed by atoms with van der Waals surface area (Å²) in [7, 11) is -3.84. The minimum Gasteiger partial charge on any atom is -0.480 e. The zero-order chi connectivity index (χ0) is 14.5. The molecular weight excluding hydrogens is 293 g/mol. The molecule has 0 aromatic heterocycles. The predicted octanol–water partition coefficient (Wildman–Crippen LogP) is 1.84. The number of hydrogen-bond acceptors (Lipinski definition) is 4. The van der Waals surface area contributed by atoms with Gasteiger partial charge in [0.05, 0.1) is 12.8 Å². The van der Waals surface area contributed by atoms with E-state index >= 15 is 0 Å². The standard InChI is InChI=1S/C11H15ClNO5P/c12-9-3-1-8(2-4-9)7-18-19(16,17)6-5-10(13)11(14)15/h1-4,10H,5-7,13H2,(H,14,15)(H,16,17). The van der Waals surface area contributed by atoms with Crippen molar-refractivity contribution in [2.75, 3.05) is 6.16 Å². The highest BCUT2D eigenvalue weighted by atomic mass is 35.5. The Labute approximate surface area is 115 Å². The van der Waals surface area contributed by atoms with E-state index < -0.39 is 19.6 Å². The van der Waals surface area contributed by atoms with Crippen LogP contribution in [0.5, 0.6) is 0 Å². The van der Waals surface area contributed by atoms with Gasteiger partial charge in [-0.15, -0.1) is 0 Å². The molecule has 1 rings (SSSR count). The van der Waals surface area contributed by atoms with Gasteiger partial charge in [0.15, 0.2) is 0 Å². The van der Waals surface area contributed by atoms with Crippen molar-refractivity contribution in [1.82, 2.24) is 0 Å². The van der Waals surface area contributed by atoms with E-state index in [1.165, 1.54) is 0 Å². The monoisotopic (exact) mass is 307 g/mol. The van der Waals surface area contributed by atoms with Crippen molar-refractivity contribution in [3.63, 3.8) is 0 Å². The lowest BCUT2D eigenvalue weighted by molar-refractivity contribution is -0.138. The van der Waals surface area contributed by atoms with Gasteiger partial charge in [0.25, 0.3) is 0 Å². The molecule has 1 aromatic rings. The lowest BCUT2D eigenvalue weighted by atomic mass is 10.2. The number of benzene rings is 1. The summed E-state index contributed by atoms with van der Waals surface area (Å²) in [5.74, 6) is -1.21. The summed E-state index contributed by atoms with van der Waals surface area (Å²) in [6, 6.07) is 5.46. The van der Waals surface area contributed by atoms with Crippen molar-refractivity contribution in [2.24, 2.45) is 5.73 Å². The smallest absolute Gasteiger partial charge is 0.328 e. The molecule has 0 spiro atoms. The third kappa shape index (κ3) is 6.18. The average molecular weight is 308 g/mol. The summed E-state index contributed by atoms with van der Waals surface area (Å²) in [5.41, 5.74) is 5.94. The van der Waals surface area contributed by atoms with Gasteiger partial charge in [0, 0.05) is 5.02 Å². The Bertz CT molecular complexity index is 478. The number of carboxylic acid groups (broad SMARTS) is 1. The quantitative estimate of drug-likeness (QED) is 0.663. The number of aliphatic carboxylic acids is 1. The van der Waals surface area contributed by atoms with Crippen molar-refractivity contribution in [3.8, 4) is 0 Å². The van der Waals surface area contributed by atoms with Gasteiger partial charge in [-0.2, -0.15) is 0 Å². The molecule has 1 aromatic carbocycles. The van der Waals surface area contributed by atoms with Crippen LogP contribution in [0.15, 0.2) is 24.3 Å². The van der Waals surface area contributed by atoms with Crippen LogP contribution in [0.1, 0.15) is 12.0 Å². The van der Waals surface area contributed by atoms with Crippen molar-refractivity contribution in [3.05, 3.63) is 34.9 Å². The zero-order valence-corrected chi connectivity index (χ0v) is 11.7. The van der Waals surface area contributed by atoms with Gasteiger partial charge >= 0.3 is 13.6 Å². The van der Waals surface area contributed by atoms with Gasteiger partial charge in [-0.3, -0.25) is 9.36 Å². The minimum absolute atomic E-state index is 0.0484. The summed E-state index contributed by atoms with van der Waals surface area (Å²) in [4.78, 5) is 20.0. The van der Waals surface area contributed by atoms with Crippen LogP contribution < -0.4 is 5.73 Å². The average Bonchev–Trinajstić information content (AvgIpc) is 2.35. The third-order valence-corrected chi connectivity index (χ3v) is 3.99. The van der Waals surface area contributed by atoms with Gasteiger partial charge < -0.3 is 20.3 Å². The second-order valence-electron chi connectivity index (χ2n) is 3.99. The van der Waals surface area contributed by atoms with Crippen molar-refractivity contribution in [2.45, 2.75) is 19.1 Å². The molecule has 19 heavy (non-hydrogen) atoms. The molecule has 0 bridgehead atoms. The van der Waals surface area contributed by atoms with Crippen LogP contribution in [-0.4, -0.2) is 28.2 Å². The van der Waals surface area contributed by atoms with Crippen LogP contribution in [0, 0.1) is 0 Å². The van der Waals surface area contributed by atoms with Crippen molar-refractivity contribution in [1.29, 1.82) is 0 Å². The first-order valence-electron chi connectivity index (χ1n) is 5.49. The molecule has 0 amide bonds. The maximum Gasteiger partial charge on any atom is 0.328 e. The summed E-state index contributed by atoms with van der Waals surface area (Å²) in [6.07, 6.45) is -0.419. The predicted molar refractivity (Wildman–Crippen MR) is 71.2 cm³/mol. The summed E-state index contributed by atoms with van der Waals surface area (Å²) in [6.45, 7) is -0.0484. The van der Waals surface area contributed by atoms with E-state index in [1.807, 2.05) is 0 Å². The highest BCUT2D eigenvalue weighted by molar-refractivity contribution is 7.52.